The fraction of sp³-hybridized carbons (Fsp3) is 0.579. The van der Waals surface area contributed by atoms with Crippen LogP contribution in [0.1, 0.15) is 37.2 Å². The summed E-state index contributed by atoms with van der Waals surface area (Å²) in [4.78, 5) is 29.0. The topological polar surface area (TPSA) is 60.9 Å². The molecule has 2 saturated heterocycles. The van der Waals surface area contributed by atoms with Crippen molar-refractivity contribution < 1.29 is 14.7 Å². The highest BCUT2D eigenvalue weighted by atomic mass is 16.3. The van der Waals surface area contributed by atoms with E-state index in [1.807, 2.05) is 21.9 Å². The van der Waals surface area contributed by atoms with Gasteiger partial charge in [0.05, 0.1) is 5.92 Å². The van der Waals surface area contributed by atoms with Crippen LogP contribution in [0.15, 0.2) is 24.3 Å². The summed E-state index contributed by atoms with van der Waals surface area (Å²) in [6.45, 7) is 3.04. The Balaban J connectivity index is 1.34. The minimum Gasteiger partial charge on any atom is -0.508 e. The van der Waals surface area contributed by atoms with E-state index in [-0.39, 0.29) is 35.3 Å². The van der Waals surface area contributed by atoms with Gasteiger partial charge in [0.1, 0.15) is 5.75 Å². The molecule has 1 unspecified atom stereocenters. The van der Waals surface area contributed by atoms with Gasteiger partial charge in [-0.25, -0.2) is 0 Å². The van der Waals surface area contributed by atoms with E-state index in [0.717, 1.165) is 44.3 Å². The third-order valence-electron chi connectivity index (χ3n) is 5.67. The first-order valence-electron chi connectivity index (χ1n) is 9.00. The molecule has 1 N–H and O–H groups in total. The largest absolute Gasteiger partial charge is 0.508 e. The first kappa shape index (κ1) is 15.5. The zero-order valence-corrected chi connectivity index (χ0v) is 13.9. The van der Waals surface area contributed by atoms with Crippen molar-refractivity contribution in [3.05, 3.63) is 29.8 Å². The van der Waals surface area contributed by atoms with Crippen LogP contribution in [0.25, 0.3) is 0 Å². The Morgan fingerprint density at radius 3 is 2.58 bits per heavy atom. The molecule has 3 aliphatic rings. The van der Waals surface area contributed by atoms with Crippen LogP contribution < -0.4 is 0 Å². The van der Waals surface area contributed by atoms with Crippen molar-refractivity contribution in [3.63, 3.8) is 0 Å². The van der Waals surface area contributed by atoms with Crippen molar-refractivity contribution in [3.8, 4) is 5.75 Å². The van der Waals surface area contributed by atoms with Crippen LogP contribution in [0, 0.1) is 11.8 Å². The van der Waals surface area contributed by atoms with Crippen LogP contribution >= 0.6 is 0 Å². The molecule has 24 heavy (non-hydrogen) atoms. The molecule has 1 aromatic carbocycles. The maximum absolute atomic E-state index is 12.7. The van der Waals surface area contributed by atoms with Crippen LogP contribution in [0.3, 0.4) is 0 Å². The molecule has 2 aliphatic heterocycles. The lowest BCUT2D eigenvalue weighted by Crippen LogP contribution is -2.37. The van der Waals surface area contributed by atoms with Gasteiger partial charge in [-0.15, -0.1) is 0 Å². The Labute approximate surface area is 142 Å². The molecular weight excluding hydrogens is 304 g/mol. The summed E-state index contributed by atoms with van der Waals surface area (Å²) >= 11 is 0. The van der Waals surface area contributed by atoms with Crippen LogP contribution in [0.4, 0.5) is 0 Å². The summed E-state index contributed by atoms with van der Waals surface area (Å²) in [6, 6.07) is 7.20. The van der Waals surface area contributed by atoms with Crippen LogP contribution in [-0.2, 0) is 9.59 Å². The number of phenolic OH excluding ortho intramolecular Hbond substituents is 1. The average Bonchev–Trinajstić information content (AvgIpc) is 3.01. The quantitative estimate of drug-likeness (QED) is 0.923. The SMILES string of the molecule is O=C(C1CCN(C(=O)[C@H]2C[C@@H]2c2cccc(O)c2)C1)N1CCCC1. The summed E-state index contributed by atoms with van der Waals surface area (Å²) in [5.41, 5.74) is 1.04. The van der Waals surface area contributed by atoms with Crippen LogP contribution in [-0.4, -0.2) is 52.9 Å². The zero-order valence-electron chi connectivity index (χ0n) is 13.9. The van der Waals surface area contributed by atoms with Crippen LogP contribution in [0.5, 0.6) is 5.75 Å². The Morgan fingerprint density at radius 2 is 1.83 bits per heavy atom. The second-order valence-corrected chi connectivity index (χ2v) is 7.35. The van der Waals surface area contributed by atoms with Gasteiger partial charge in [0.15, 0.2) is 0 Å². The Morgan fingerprint density at radius 1 is 1.04 bits per heavy atom. The molecule has 4 rings (SSSR count). The molecule has 2 heterocycles. The molecule has 128 valence electrons. The lowest BCUT2D eigenvalue weighted by atomic mass is 10.1. The first-order valence-corrected chi connectivity index (χ1v) is 9.00. The average molecular weight is 328 g/mol. The van der Waals surface area contributed by atoms with Crippen molar-refractivity contribution in [2.24, 2.45) is 11.8 Å². The predicted molar refractivity (Wildman–Crippen MR) is 89.5 cm³/mol. The minimum atomic E-state index is -0.00924. The van der Waals surface area contributed by atoms with Gasteiger partial charge in [-0.05, 0) is 49.3 Å². The van der Waals surface area contributed by atoms with Gasteiger partial charge in [-0.3, -0.25) is 9.59 Å². The number of amides is 2. The zero-order chi connectivity index (χ0) is 16.7. The molecule has 1 saturated carbocycles. The van der Waals surface area contributed by atoms with Gasteiger partial charge < -0.3 is 14.9 Å². The molecule has 1 aliphatic carbocycles. The van der Waals surface area contributed by atoms with Gasteiger partial charge in [0, 0.05) is 32.1 Å². The number of carbonyl (C=O) groups is 2. The predicted octanol–water partition coefficient (Wildman–Crippen LogP) is 1.97. The Kier molecular flexibility index (Phi) is 3.94. The van der Waals surface area contributed by atoms with E-state index in [0.29, 0.717) is 13.1 Å². The lowest BCUT2D eigenvalue weighted by molar-refractivity contribution is -0.135. The highest BCUT2D eigenvalue weighted by molar-refractivity contribution is 5.85. The summed E-state index contributed by atoms with van der Waals surface area (Å²) in [6.07, 6.45) is 3.86. The first-order chi connectivity index (χ1) is 11.6. The lowest BCUT2D eigenvalue weighted by Gasteiger charge is -2.20. The van der Waals surface area contributed by atoms with E-state index in [9.17, 15) is 14.7 Å². The molecule has 2 amide bonds. The third kappa shape index (κ3) is 2.87. The molecule has 5 nitrogen and oxygen atoms in total. The van der Waals surface area contributed by atoms with Crippen molar-refractivity contribution in [1.29, 1.82) is 0 Å². The number of hydrogen-bond donors (Lipinski definition) is 1. The molecule has 0 aromatic heterocycles. The van der Waals surface area contributed by atoms with Crippen LogP contribution in [0.2, 0.25) is 0 Å². The highest BCUT2D eigenvalue weighted by Gasteiger charge is 2.47. The molecule has 5 heteroatoms. The second kappa shape index (κ2) is 6.11. The van der Waals surface area contributed by atoms with E-state index in [1.54, 1.807) is 12.1 Å². The fourth-order valence-corrected chi connectivity index (χ4v) is 4.18. The summed E-state index contributed by atoms with van der Waals surface area (Å²) in [5.74, 6) is 0.904. The minimum absolute atomic E-state index is 0.00924. The molecule has 1 aromatic rings. The summed E-state index contributed by atoms with van der Waals surface area (Å²) < 4.78 is 0. The number of rotatable bonds is 3. The van der Waals surface area contributed by atoms with Crippen molar-refractivity contribution in [1.82, 2.24) is 9.80 Å². The van der Waals surface area contributed by atoms with E-state index < -0.39 is 0 Å². The van der Waals surface area contributed by atoms with Crippen molar-refractivity contribution in [2.45, 2.75) is 31.6 Å². The number of carbonyl (C=O) groups excluding carboxylic acids is 2. The van der Waals surface area contributed by atoms with Gasteiger partial charge in [0.2, 0.25) is 11.8 Å². The summed E-state index contributed by atoms with van der Waals surface area (Å²) in [5, 5.41) is 9.59. The van der Waals surface area contributed by atoms with E-state index >= 15 is 0 Å². The highest BCUT2D eigenvalue weighted by Crippen LogP contribution is 2.49. The number of aromatic hydroxyl groups is 1. The fourth-order valence-electron chi connectivity index (χ4n) is 4.18. The van der Waals surface area contributed by atoms with Gasteiger partial charge in [-0.2, -0.15) is 0 Å². The van der Waals surface area contributed by atoms with Gasteiger partial charge >= 0.3 is 0 Å². The van der Waals surface area contributed by atoms with Crippen molar-refractivity contribution >= 4 is 11.8 Å². The Bertz CT molecular complexity index is 654. The summed E-state index contributed by atoms with van der Waals surface area (Å²) in [7, 11) is 0. The number of nitrogens with zero attached hydrogens (tertiary/aromatic N) is 2. The van der Waals surface area contributed by atoms with E-state index in [1.165, 1.54) is 0 Å². The smallest absolute Gasteiger partial charge is 0.227 e. The third-order valence-corrected chi connectivity index (χ3v) is 5.67. The molecule has 0 radical (unpaired) electrons. The molecule has 0 spiro atoms. The van der Waals surface area contributed by atoms with Gasteiger partial charge in [0.25, 0.3) is 0 Å². The number of phenols is 1. The maximum atomic E-state index is 12.7. The monoisotopic (exact) mass is 328 g/mol. The number of hydrogen-bond acceptors (Lipinski definition) is 3. The molecule has 0 bridgehead atoms. The van der Waals surface area contributed by atoms with Crippen molar-refractivity contribution in [2.75, 3.05) is 26.2 Å². The number of benzene rings is 1. The Hall–Kier alpha value is -2.04. The molecular formula is C19H24N2O3. The number of likely N-dealkylation sites (tertiary alicyclic amines) is 2. The maximum Gasteiger partial charge on any atom is 0.227 e. The molecule has 3 atom stereocenters. The second-order valence-electron chi connectivity index (χ2n) is 7.35. The normalized spacial score (nSPS) is 29.1. The van der Waals surface area contributed by atoms with E-state index in [2.05, 4.69) is 0 Å². The molecule has 3 fully saturated rings. The standard InChI is InChI=1S/C19H24N2O3/c22-15-5-3-4-13(10-15)16-11-17(16)19(24)21-9-6-14(12-21)18(23)20-7-1-2-8-20/h3-5,10,14,16-17,22H,1-2,6-9,11-12H2/t14?,16-,17+/m1/s1. The van der Waals surface area contributed by atoms with E-state index in [4.69, 9.17) is 0 Å². The van der Waals surface area contributed by atoms with Gasteiger partial charge in [-0.1, -0.05) is 12.1 Å².